The third-order valence-corrected chi connectivity index (χ3v) is 7.64. The van der Waals surface area contributed by atoms with Crippen LogP contribution in [-0.2, 0) is 5.41 Å². The molecular formula is C31H19N. The molecule has 1 nitrogen and oxygen atoms in total. The Kier molecular flexibility index (Phi) is 2.89. The zero-order valence-corrected chi connectivity index (χ0v) is 17.4. The fourth-order valence-electron chi connectivity index (χ4n) is 6.50. The van der Waals surface area contributed by atoms with Crippen LogP contribution < -0.4 is 0 Å². The second kappa shape index (κ2) is 5.57. The summed E-state index contributed by atoms with van der Waals surface area (Å²) in [7, 11) is 0. The lowest BCUT2D eigenvalue weighted by Gasteiger charge is -2.30. The molecule has 148 valence electrons. The number of fused-ring (bicyclic) bond motifs is 14. The second-order valence-electron chi connectivity index (χ2n) is 8.97. The van der Waals surface area contributed by atoms with E-state index in [4.69, 9.17) is 0 Å². The van der Waals surface area contributed by atoms with Crippen LogP contribution >= 0.6 is 0 Å². The molecule has 1 heterocycles. The van der Waals surface area contributed by atoms with Crippen LogP contribution in [0.4, 0.5) is 0 Å². The Balaban J connectivity index is 1.62. The average molecular weight is 406 g/mol. The van der Waals surface area contributed by atoms with Crippen molar-refractivity contribution in [2.45, 2.75) is 5.41 Å². The SMILES string of the molecule is c1ccc2c(c1)-c1ccccc1C21c2ccccc2-c2c1ccc1c2[nH]c2ccccc21. The van der Waals surface area contributed by atoms with E-state index in [2.05, 4.69) is 114 Å². The molecule has 2 aliphatic rings. The van der Waals surface area contributed by atoms with E-state index in [9.17, 15) is 0 Å². The fourth-order valence-corrected chi connectivity index (χ4v) is 6.50. The van der Waals surface area contributed by atoms with Crippen molar-refractivity contribution in [3.05, 3.63) is 131 Å². The Morgan fingerprint density at radius 3 is 1.72 bits per heavy atom. The van der Waals surface area contributed by atoms with Gasteiger partial charge in [-0.1, -0.05) is 103 Å². The highest BCUT2D eigenvalue weighted by molar-refractivity contribution is 6.14. The summed E-state index contributed by atoms with van der Waals surface area (Å²) in [5.41, 5.74) is 13.1. The van der Waals surface area contributed by atoms with Crippen LogP contribution in [0.2, 0.25) is 0 Å². The topological polar surface area (TPSA) is 15.8 Å². The van der Waals surface area contributed by atoms with Gasteiger partial charge in [0, 0.05) is 21.9 Å². The molecule has 0 aliphatic heterocycles. The lowest BCUT2D eigenvalue weighted by atomic mass is 9.70. The maximum absolute atomic E-state index is 3.77. The third-order valence-electron chi connectivity index (χ3n) is 7.64. The first kappa shape index (κ1) is 16.6. The maximum Gasteiger partial charge on any atom is 0.0726 e. The highest BCUT2D eigenvalue weighted by Gasteiger charge is 2.51. The molecule has 0 saturated heterocycles. The van der Waals surface area contributed by atoms with Crippen molar-refractivity contribution in [3.63, 3.8) is 0 Å². The van der Waals surface area contributed by atoms with Gasteiger partial charge in [0.15, 0.2) is 0 Å². The van der Waals surface area contributed by atoms with Crippen molar-refractivity contribution < 1.29 is 0 Å². The van der Waals surface area contributed by atoms with Gasteiger partial charge >= 0.3 is 0 Å². The molecule has 32 heavy (non-hydrogen) atoms. The lowest BCUT2D eigenvalue weighted by Crippen LogP contribution is -2.25. The molecule has 8 rings (SSSR count). The molecule has 1 spiro atoms. The van der Waals surface area contributed by atoms with Gasteiger partial charge in [0.1, 0.15) is 0 Å². The van der Waals surface area contributed by atoms with E-state index in [1.807, 2.05) is 0 Å². The van der Waals surface area contributed by atoms with Gasteiger partial charge < -0.3 is 4.98 Å². The molecule has 0 bridgehead atoms. The van der Waals surface area contributed by atoms with E-state index in [0.717, 1.165) is 0 Å². The Morgan fingerprint density at radius 1 is 0.438 bits per heavy atom. The van der Waals surface area contributed by atoms with Gasteiger partial charge in [0.25, 0.3) is 0 Å². The zero-order chi connectivity index (χ0) is 20.9. The summed E-state index contributed by atoms with van der Waals surface area (Å²) in [5.74, 6) is 0. The van der Waals surface area contributed by atoms with E-state index in [1.165, 1.54) is 66.3 Å². The monoisotopic (exact) mass is 405 g/mol. The number of aromatic nitrogens is 1. The van der Waals surface area contributed by atoms with Crippen LogP contribution in [0.5, 0.6) is 0 Å². The van der Waals surface area contributed by atoms with Crippen molar-refractivity contribution in [2.75, 3.05) is 0 Å². The highest BCUT2D eigenvalue weighted by atomic mass is 14.7. The molecule has 0 radical (unpaired) electrons. The molecular weight excluding hydrogens is 386 g/mol. The second-order valence-corrected chi connectivity index (χ2v) is 8.97. The van der Waals surface area contributed by atoms with Crippen molar-refractivity contribution in [1.29, 1.82) is 0 Å². The van der Waals surface area contributed by atoms with E-state index in [1.54, 1.807) is 0 Å². The largest absolute Gasteiger partial charge is 0.354 e. The quantitative estimate of drug-likeness (QED) is 0.266. The molecule has 0 unspecified atom stereocenters. The van der Waals surface area contributed by atoms with Crippen LogP contribution in [0, 0.1) is 0 Å². The fraction of sp³-hybridized carbons (Fsp3) is 0.0323. The summed E-state index contributed by atoms with van der Waals surface area (Å²) in [6.07, 6.45) is 0. The number of benzene rings is 5. The summed E-state index contributed by atoms with van der Waals surface area (Å²) < 4.78 is 0. The minimum Gasteiger partial charge on any atom is -0.354 e. The average Bonchev–Trinajstić information content (AvgIpc) is 3.48. The van der Waals surface area contributed by atoms with E-state index in [0.29, 0.717) is 0 Å². The summed E-state index contributed by atoms with van der Waals surface area (Å²) >= 11 is 0. The summed E-state index contributed by atoms with van der Waals surface area (Å²) in [4.78, 5) is 3.77. The lowest BCUT2D eigenvalue weighted by molar-refractivity contribution is 0.794. The Morgan fingerprint density at radius 2 is 1.00 bits per heavy atom. The molecule has 6 aromatic rings. The van der Waals surface area contributed by atoms with Gasteiger partial charge in [-0.2, -0.15) is 0 Å². The molecule has 0 fully saturated rings. The minimum atomic E-state index is -0.273. The van der Waals surface area contributed by atoms with Crippen molar-refractivity contribution in [2.24, 2.45) is 0 Å². The smallest absolute Gasteiger partial charge is 0.0726 e. The Labute approximate surface area is 186 Å². The van der Waals surface area contributed by atoms with E-state index < -0.39 is 0 Å². The number of hydrogen-bond donors (Lipinski definition) is 1. The zero-order valence-electron chi connectivity index (χ0n) is 17.4. The van der Waals surface area contributed by atoms with Gasteiger partial charge in [-0.25, -0.2) is 0 Å². The normalized spacial score (nSPS) is 14.5. The molecule has 0 atom stereocenters. The standard InChI is InChI=1S/C31H19N/c1-5-13-24-19(9-1)20-10-2-6-14-25(20)31(24)26-15-7-3-12-23(26)29-27(31)18-17-22-21-11-4-8-16-28(21)32-30(22)29/h1-18,32H. The van der Waals surface area contributed by atoms with Gasteiger partial charge in [0.05, 0.1) is 10.9 Å². The number of aromatic amines is 1. The van der Waals surface area contributed by atoms with Crippen molar-refractivity contribution in [1.82, 2.24) is 4.98 Å². The number of rotatable bonds is 0. The maximum atomic E-state index is 3.77. The first-order valence-corrected chi connectivity index (χ1v) is 11.2. The molecule has 0 saturated carbocycles. The van der Waals surface area contributed by atoms with Gasteiger partial charge in [0.2, 0.25) is 0 Å². The summed E-state index contributed by atoms with van der Waals surface area (Å²) in [6.45, 7) is 0. The van der Waals surface area contributed by atoms with Crippen LogP contribution in [-0.4, -0.2) is 4.98 Å². The minimum absolute atomic E-state index is 0.273. The first-order valence-electron chi connectivity index (χ1n) is 11.2. The van der Waals surface area contributed by atoms with E-state index in [-0.39, 0.29) is 5.41 Å². The molecule has 5 aromatic carbocycles. The van der Waals surface area contributed by atoms with Crippen LogP contribution in [0.25, 0.3) is 44.1 Å². The van der Waals surface area contributed by atoms with Crippen LogP contribution in [0.15, 0.2) is 109 Å². The summed E-state index contributed by atoms with van der Waals surface area (Å²) in [6, 6.07) is 40.3. The first-order chi connectivity index (χ1) is 15.9. The number of para-hydroxylation sites is 1. The number of H-pyrrole nitrogens is 1. The molecule has 1 N–H and O–H groups in total. The molecule has 1 aromatic heterocycles. The summed E-state index contributed by atoms with van der Waals surface area (Å²) in [5, 5.41) is 2.58. The van der Waals surface area contributed by atoms with Crippen LogP contribution in [0.1, 0.15) is 22.3 Å². The molecule has 0 amide bonds. The number of hydrogen-bond acceptors (Lipinski definition) is 0. The Bertz CT molecular complexity index is 1690. The van der Waals surface area contributed by atoms with E-state index >= 15 is 0 Å². The van der Waals surface area contributed by atoms with Crippen molar-refractivity contribution >= 4 is 21.8 Å². The molecule has 1 heteroatoms. The highest BCUT2D eigenvalue weighted by Crippen LogP contribution is 2.63. The predicted molar refractivity (Wildman–Crippen MR) is 132 cm³/mol. The predicted octanol–water partition coefficient (Wildman–Crippen LogP) is 7.66. The Hall–Kier alpha value is -4.10. The van der Waals surface area contributed by atoms with Gasteiger partial charge in [-0.15, -0.1) is 0 Å². The number of nitrogens with one attached hydrogen (secondary N) is 1. The van der Waals surface area contributed by atoms with Crippen LogP contribution in [0.3, 0.4) is 0 Å². The third kappa shape index (κ3) is 1.71. The van der Waals surface area contributed by atoms with Gasteiger partial charge in [-0.3, -0.25) is 0 Å². The molecule has 2 aliphatic carbocycles. The van der Waals surface area contributed by atoms with Crippen molar-refractivity contribution in [3.8, 4) is 22.3 Å². The van der Waals surface area contributed by atoms with Gasteiger partial charge in [-0.05, 0) is 45.0 Å².